The van der Waals surface area contributed by atoms with Crippen LogP contribution < -0.4 is 0 Å². The molecule has 2 heteroatoms. The van der Waals surface area contributed by atoms with Gasteiger partial charge in [-0.1, -0.05) is 42.1 Å². The van der Waals surface area contributed by atoms with Crippen LogP contribution in [-0.4, -0.2) is 10.4 Å². The third kappa shape index (κ3) is 3.12. The molecule has 0 saturated heterocycles. The van der Waals surface area contributed by atoms with Crippen LogP contribution in [0.5, 0.6) is 0 Å². The molecule has 0 aromatic carbocycles. The predicted octanol–water partition coefficient (Wildman–Crippen LogP) is 3.29. The summed E-state index contributed by atoms with van der Waals surface area (Å²) in [5.41, 5.74) is -0.596. The Balaban J connectivity index is 2.37. The van der Waals surface area contributed by atoms with E-state index in [2.05, 4.69) is 22.9 Å². The fraction of sp³-hybridized carbons (Fsp3) is 1.00. The van der Waals surface area contributed by atoms with Crippen molar-refractivity contribution < 1.29 is 5.11 Å². The normalized spacial score (nSPS) is 26.5. The van der Waals surface area contributed by atoms with E-state index in [-0.39, 0.29) is 0 Å². The maximum Gasteiger partial charge on any atom is 0.105 e. The number of alkyl halides is 1. The Hall–Kier alpha value is 0.440. The maximum atomic E-state index is 11.9. The number of hydrogen-bond acceptors (Lipinski definition) is 0. The molecule has 1 radical (unpaired) electrons. The number of hydrogen-bond donors (Lipinski definition) is 0. The predicted molar refractivity (Wildman–Crippen MR) is 49.5 cm³/mol. The smallest absolute Gasteiger partial charge is 0.105 e. The zero-order valence-corrected chi connectivity index (χ0v) is 8.69. The van der Waals surface area contributed by atoms with Crippen LogP contribution in [-0.2, 0) is 5.11 Å². The summed E-state index contributed by atoms with van der Waals surface area (Å²) in [6.07, 6.45) is 6.13. The van der Waals surface area contributed by atoms with Gasteiger partial charge in [-0.15, -0.1) is 0 Å². The van der Waals surface area contributed by atoms with Crippen LogP contribution >= 0.6 is 15.9 Å². The van der Waals surface area contributed by atoms with Gasteiger partial charge in [-0.05, 0) is 19.3 Å². The van der Waals surface area contributed by atoms with Crippen molar-refractivity contribution in [2.45, 2.75) is 55.9 Å². The molecule has 1 aliphatic rings. The van der Waals surface area contributed by atoms with Gasteiger partial charge in [-0.25, -0.2) is 5.11 Å². The van der Waals surface area contributed by atoms with Crippen LogP contribution in [0, 0.1) is 0 Å². The fourth-order valence-electron chi connectivity index (χ4n) is 1.91. The molecule has 0 spiro atoms. The van der Waals surface area contributed by atoms with E-state index in [1.165, 1.54) is 6.42 Å². The highest BCUT2D eigenvalue weighted by Crippen LogP contribution is 2.33. The first kappa shape index (κ1) is 9.53. The average molecular weight is 220 g/mol. The topological polar surface area (TPSA) is 19.9 Å². The van der Waals surface area contributed by atoms with E-state index in [0.717, 1.165) is 32.1 Å². The standard InChI is InChI=1S/C9H16BrO/c1-8(10)7-9(11)5-3-2-4-6-9/h8H,2-7H2,1H3. The van der Waals surface area contributed by atoms with E-state index < -0.39 is 5.60 Å². The molecule has 65 valence electrons. The van der Waals surface area contributed by atoms with Crippen molar-refractivity contribution in [2.24, 2.45) is 0 Å². The highest BCUT2D eigenvalue weighted by molar-refractivity contribution is 9.09. The van der Waals surface area contributed by atoms with E-state index in [0.29, 0.717) is 4.83 Å². The van der Waals surface area contributed by atoms with Gasteiger partial charge in [-0.2, -0.15) is 0 Å². The van der Waals surface area contributed by atoms with Crippen molar-refractivity contribution in [2.75, 3.05) is 0 Å². The van der Waals surface area contributed by atoms with Crippen LogP contribution in [0.4, 0.5) is 0 Å². The molecule has 0 amide bonds. The van der Waals surface area contributed by atoms with Gasteiger partial charge in [0.15, 0.2) is 0 Å². The lowest BCUT2D eigenvalue weighted by Crippen LogP contribution is -2.31. The van der Waals surface area contributed by atoms with Crippen molar-refractivity contribution in [3.05, 3.63) is 0 Å². The van der Waals surface area contributed by atoms with Crippen LogP contribution in [0.1, 0.15) is 45.4 Å². The molecule has 0 N–H and O–H groups in total. The van der Waals surface area contributed by atoms with Gasteiger partial charge in [0.05, 0.1) is 0 Å². The molecule has 0 bridgehead atoms. The molecule has 0 aromatic rings. The summed E-state index contributed by atoms with van der Waals surface area (Å²) in [6.45, 7) is 2.06. The summed E-state index contributed by atoms with van der Waals surface area (Å²) >= 11 is 3.45. The molecule has 1 fully saturated rings. The second kappa shape index (κ2) is 3.90. The van der Waals surface area contributed by atoms with E-state index in [4.69, 9.17) is 0 Å². The minimum atomic E-state index is -0.596. The van der Waals surface area contributed by atoms with Crippen molar-refractivity contribution in [1.29, 1.82) is 0 Å². The molecule has 11 heavy (non-hydrogen) atoms. The van der Waals surface area contributed by atoms with Gasteiger partial charge >= 0.3 is 0 Å². The minimum absolute atomic E-state index is 0.387. The highest BCUT2D eigenvalue weighted by atomic mass is 79.9. The first-order valence-corrected chi connectivity index (χ1v) is 5.38. The molecule has 1 nitrogen and oxygen atoms in total. The largest absolute Gasteiger partial charge is 0.229 e. The lowest BCUT2D eigenvalue weighted by Gasteiger charge is -2.30. The molecule has 1 unspecified atom stereocenters. The Morgan fingerprint density at radius 1 is 1.36 bits per heavy atom. The number of rotatable bonds is 2. The molecule has 1 saturated carbocycles. The van der Waals surface area contributed by atoms with Crippen LogP contribution in [0.2, 0.25) is 0 Å². The van der Waals surface area contributed by atoms with Gasteiger partial charge in [0.25, 0.3) is 0 Å². The van der Waals surface area contributed by atoms with Crippen molar-refractivity contribution >= 4 is 15.9 Å². The van der Waals surface area contributed by atoms with E-state index >= 15 is 0 Å². The lowest BCUT2D eigenvalue weighted by molar-refractivity contribution is -0.0635. The molecule has 1 atom stereocenters. The van der Waals surface area contributed by atoms with Crippen LogP contribution in [0.3, 0.4) is 0 Å². The average Bonchev–Trinajstić information content (AvgIpc) is 1.85. The SMILES string of the molecule is CC(Br)CC1([O])CCCCC1. The summed E-state index contributed by atoms with van der Waals surface area (Å²) in [7, 11) is 0. The Morgan fingerprint density at radius 3 is 2.36 bits per heavy atom. The Morgan fingerprint density at radius 2 is 1.91 bits per heavy atom. The summed E-state index contributed by atoms with van der Waals surface area (Å²) < 4.78 is 0. The van der Waals surface area contributed by atoms with E-state index in [9.17, 15) is 5.11 Å². The van der Waals surface area contributed by atoms with Gasteiger partial charge in [0, 0.05) is 4.83 Å². The summed E-state index contributed by atoms with van der Waals surface area (Å²) in [6, 6.07) is 0. The minimum Gasteiger partial charge on any atom is -0.229 e. The van der Waals surface area contributed by atoms with Gasteiger partial charge in [0.2, 0.25) is 0 Å². The van der Waals surface area contributed by atoms with Crippen LogP contribution in [0.15, 0.2) is 0 Å². The van der Waals surface area contributed by atoms with Gasteiger partial charge in [-0.3, -0.25) is 0 Å². The Labute approximate surface area is 77.3 Å². The summed E-state index contributed by atoms with van der Waals surface area (Å²) in [5, 5.41) is 11.9. The lowest BCUT2D eigenvalue weighted by atomic mass is 9.82. The zero-order chi connectivity index (χ0) is 8.32. The quantitative estimate of drug-likeness (QED) is 0.636. The van der Waals surface area contributed by atoms with Gasteiger partial charge in [0.1, 0.15) is 5.60 Å². The summed E-state index contributed by atoms with van der Waals surface area (Å²) in [4.78, 5) is 0.387. The first-order valence-electron chi connectivity index (χ1n) is 4.47. The van der Waals surface area contributed by atoms with Crippen LogP contribution in [0.25, 0.3) is 0 Å². The second-order valence-corrected chi connectivity index (χ2v) is 5.29. The zero-order valence-electron chi connectivity index (χ0n) is 7.11. The van der Waals surface area contributed by atoms with Gasteiger partial charge < -0.3 is 0 Å². The molecular formula is C9H16BrO. The third-order valence-corrected chi connectivity index (χ3v) is 2.74. The fourth-order valence-corrected chi connectivity index (χ4v) is 2.50. The van der Waals surface area contributed by atoms with Crippen molar-refractivity contribution in [3.63, 3.8) is 0 Å². The van der Waals surface area contributed by atoms with Crippen molar-refractivity contribution in [1.82, 2.24) is 0 Å². The molecule has 1 aliphatic carbocycles. The maximum absolute atomic E-state index is 11.9. The number of halogens is 1. The Bertz CT molecular complexity index is 117. The summed E-state index contributed by atoms with van der Waals surface area (Å²) in [5.74, 6) is 0. The first-order chi connectivity index (χ1) is 5.12. The van der Waals surface area contributed by atoms with E-state index in [1.807, 2.05) is 0 Å². The molecule has 0 aromatic heterocycles. The van der Waals surface area contributed by atoms with Crippen molar-refractivity contribution in [3.8, 4) is 0 Å². The molecular weight excluding hydrogens is 204 g/mol. The molecule has 0 aliphatic heterocycles. The highest BCUT2D eigenvalue weighted by Gasteiger charge is 2.32. The Kier molecular flexibility index (Phi) is 3.38. The van der Waals surface area contributed by atoms with E-state index in [1.54, 1.807) is 0 Å². The molecule has 0 heterocycles. The second-order valence-electron chi connectivity index (χ2n) is 3.73. The monoisotopic (exact) mass is 219 g/mol. The molecule has 1 rings (SSSR count). The third-order valence-electron chi connectivity index (χ3n) is 2.42.